The molecule has 0 aromatic heterocycles. The van der Waals surface area contributed by atoms with Crippen molar-refractivity contribution in [2.24, 2.45) is 5.73 Å². The lowest BCUT2D eigenvalue weighted by Crippen LogP contribution is -2.64. The summed E-state index contributed by atoms with van der Waals surface area (Å²) in [6.07, 6.45) is 0.550. The average molecular weight is 314 g/mol. The van der Waals surface area contributed by atoms with Gasteiger partial charge in [-0.1, -0.05) is 30.3 Å². The van der Waals surface area contributed by atoms with Crippen molar-refractivity contribution >= 4 is 18.5 Å². The van der Waals surface area contributed by atoms with E-state index in [1.165, 1.54) is 0 Å². The van der Waals surface area contributed by atoms with E-state index in [1.807, 2.05) is 49.3 Å². The van der Waals surface area contributed by atoms with E-state index in [4.69, 9.17) is 5.73 Å². The molecule has 5 nitrogen and oxygen atoms in total. The van der Waals surface area contributed by atoms with Gasteiger partial charge < -0.3 is 20.6 Å². The molecule has 1 amide bonds. The van der Waals surface area contributed by atoms with Crippen molar-refractivity contribution in [1.82, 2.24) is 9.80 Å². The van der Waals surface area contributed by atoms with Crippen LogP contribution in [0.3, 0.4) is 0 Å². The molecule has 6 heteroatoms. The van der Waals surface area contributed by atoms with Gasteiger partial charge in [-0.2, -0.15) is 0 Å². The maximum atomic E-state index is 11.5. The van der Waals surface area contributed by atoms with Crippen molar-refractivity contribution in [3.63, 3.8) is 0 Å². The number of hydrogen-bond donors (Lipinski definition) is 2. The maximum Gasteiger partial charge on any atom is 0.407 e. The first-order chi connectivity index (χ1) is 9.50. The molecule has 1 aromatic rings. The van der Waals surface area contributed by atoms with E-state index in [2.05, 4.69) is 0 Å². The number of rotatable bonds is 3. The highest BCUT2D eigenvalue weighted by Gasteiger charge is 2.39. The van der Waals surface area contributed by atoms with E-state index in [0.717, 1.165) is 5.56 Å². The first-order valence-corrected chi connectivity index (χ1v) is 6.96. The molecule has 1 heterocycles. The van der Waals surface area contributed by atoms with Crippen molar-refractivity contribution in [3.05, 3.63) is 35.9 Å². The summed E-state index contributed by atoms with van der Waals surface area (Å²) in [5, 5.41) is 9.44. The molecule has 1 unspecified atom stereocenters. The predicted octanol–water partition coefficient (Wildman–Crippen LogP) is 1.66. The standard InChI is InChI=1S/C15H23N3O2.ClH/c1-17(2)14-12(16)8-9-18(15(19)20)13(14)10-11-6-4-3-5-7-11;/h3-7,12-14H,8-10,16H2,1-2H3,(H,19,20);1H/t12-,13?,14-;/m0./s1. The van der Waals surface area contributed by atoms with Crippen molar-refractivity contribution in [2.45, 2.75) is 31.0 Å². The highest BCUT2D eigenvalue weighted by atomic mass is 35.5. The molecule has 0 spiro atoms. The topological polar surface area (TPSA) is 69.8 Å². The number of halogens is 1. The van der Waals surface area contributed by atoms with E-state index in [9.17, 15) is 9.90 Å². The summed E-state index contributed by atoms with van der Waals surface area (Å²) in [5.74, 6) is 0. The summed E-state index contributed by atoms with van der Waals surface area (Å²) in [5.41, 5.74) is 7.37. The molecule has 2 rings (SSSR count). The van der Waals surface area contributed by atoms with Gasteiger partial charge in [-0.25, -0.2) is 4.79 Å². The fourth-order valence-corrected chi connectivity index (χ4v) is 3.15. The lowest BCUT2D eigenvalue weighted by Gasteiger charge is -2.46. The van der Waals surface area contributed by atoms with Crippen molar-refractivity contribution in [3.8, 4) is 0 Å². The lowest BCUT2D eigenvalue weighted by molar-refractivity contribution is 0.0493. The van der Waals surface area contributed by atoms with Gasteiger partial charge in [-0.05, 0) is 32.5 Å². The number of carbonyl (C=O) groups is 1. The van der Waals surface area contributed by atoms with E-state index >= 15 is 0 Å². The van der Waals surface area contributed by atoms with Gasteiger partial charge in [-0.15, -0.1) is 12.4 Å². The van der Waals surface area contributed by atoms with Gasteiger partial charge in [0.1, 0.15) is 0 Å². The van der Waals surface area contributed by atoms with Gasteiger partial charge >= 0.3 is 6.09 Å². The third kappa shape index (κ3) is 4.09. The molecule has 21 heavy (non-hydrogen) atoms. The second kappa shape index (κ2) is 7.64. The smallest absolute Gasteiger partial charge is 0.407 e. The molecule has 1 fully saturated rings. The molecule has 3 N–H and O–H groups in total. The SMILES string of the molecule is CN(C)[C@@H]1C(Cc2ccccc2)N(C(=O)O)CC[C@@H]1N.Cl. The molecule has 0 saturated carbocycles. The molecule has 1 aliphatic heterocycles. The summed E-state index contributed by atoms with van der Waals surface area (Å²) < 4.78 is 0. The third-order valence-corrected chi connectivity index (χ3v) is 4.07. The Labute approximate surface area is 132 Å². The van der Waals surface area contributed by atoms with Gasteiger partial charge in [0.15, 0.2) is 0 Å². The van der Waals surface area contributed by atoms with Crippen LogP contribution in [0.25, 0.3) is 0 Å². The van der Waals surface area contributed by atoms with Crippen LogP contribution in [0.1, 0.15) is 12.0 Å². The van der Waals surface area contributed by atoms with E-state index < -0.39 is 6.09 Å². The van der Waals surface area contributed by atoms with E-state index in [0.29, 0.717) is 19.4 Å². The lowest BCUT2D eigenvalue weighted by atomic mass is 9.87. The van der Waals surface area contributed by atoms with Crippen LogP contribution in [0.2, 0.25) is 0 Å². The Balaban J connectivity index is 0.00000220. The molecular weight excluding hydrogens is 290 g/mol. The number of piperidine rings is 1. The van der Waals surface area contributed by atoms with E-state index in [-0.39, 0.29) is 30.5 Å². The molecule has 0 aliphatic carbocycles. The van der Waals surface area contributed by atoms with Crippen LogP contribution in [0, 0.1) is 0 Å². The second-order valence-corrected chi connectivity index (χ2v) is 5.64. The first-order valence-electron chi connectivity index (χ1n) is 6.96. The zero-order chi connectivity index (χ0) is 14.7. The van der Waals surface area contributed by atoms with Crippen LogP contribution in [0.5, 0.6) is 0 Å². The summed E-state index contributed by atoms with van der Waals surface area (Å²) >= 11 is 0. The molecule has 1 aliphatic rings. The Morgan fingerprint density at radius 1 is 1.38 bits per heavy atom. The number of likely N-dealkylation sites (N-methyl/N-ethyl adjacent to an activating group) is 1. The van der Waals surface area contributed by atoms with Crippen LogP contribution >= 0.6 is 12.4 Å². The van der Waals surface area contributed by atoms with Gasteiger partial charge in [0.05, 0.1) is 6.04 Å². The van der Waals surface area contributed by atoms with Gasteiger partial charge in [0.25, 0.3) is 0 Å². The average Bonchev–Trinajstić information content (AvgIpc) is 2.39. The number of hydrogen-bond acceptors (Lipinski definition) is 3. The minimum Gasteiger partial charge on any atom is -0.465 e. The van der Waals surface area contributed by atoms with Crippen LogP contribution in [0.4, 0.5) is 4.79 Å². The predicted molar refractivity (Wildman–Crippen MR) is 86.0 cm³/mol. The fraction of sp³-hybridized carbons (Fsp3) is 0.533. The molecule has 1 saturated heterocycles. The van der Waals surface area contributed by atoms with Gasteiger partial charge in [0, 0.05) is 18.6 Å². The number of carboxylic acid groups (broad SMARTS) is 1. The quantitative estimate of drug-likeness (QED) is 0.890. The summed E-state index contributed by atoms with van der Waals surface area (Å²) in [6, 6.07) is 9.94. The molecule has 118 valence electrons. The second-order valence-electron chi connectivity index (χ2n) is 5.64. The number of benzene rings is 1. The Bertz CT molecular complexity index is 455. The molecule has 1 aromatic carbocycles. The maximum absolute atomic E-state index is 11.5. The Hall–Kier alpha value is -1.30. The van der Waals surface area contributed by atoms with Crippen LogP contribution in [-0.2, 0) is 6.42 Å². The van der Waals surface area contributed by atoms with E-state index in [1.54, 1.807) is 4.90 Å². The minimum absolute atomic E-state index is 0. The highest BCUT2D eigenvalue weighted by Crippen LogP contribution is 2.24. The Morgan fingerprint density at radius 3 is 2.52 bits per heavy atom. The number of amides is 1. The van der Waals surface area contributed by atoms with Crippen molar-refractivity contribution < 1.29 is 9.90 Å². The minimum atomic E-state index is -0.857. The summed E-state index contributed by atoms with van der Waals surface area (Å²) in [4.78, 5) is 15.1. The van der Waals surface area contributed by atoms with Crippen molar-refractivity contribution in [1.29, 1.82) is 0 Å². The van der Waals surface area contributed by atoms with Gasteiger partial charge in [0.2, 0.25) is 0 Å². The molecule has 0 radical (unpaired) electrons. The highest BCUT2D eigenvalue weighted by molar-refractivity contribution is 5.85. The third-order valence-electron chi connectivity index (χ3n) is 4.07. The van der Waals surface area contributed by atoms with Crippen molar-refractivity contribution in [2.75, 3.05) is 20.6 Å². The monoisotopic (exact) mass is 313 g/mol. The van der Waals surface area contributed by atoms with Crippen LogP contribution in [0.15, 0.2) is 30.3 Å². The fourth-order valence-electron chi connectivity index (χ4n) is 3.15. The Morgan fingerprint density at radius 2 is 2.00 bits per heavy atom. The molecule has 0 bridgehead atoms. The number of likely N-dealkylation sites (tertiary alicyclic amines) is 1. The zero-order valence-electron chi connectivity index (χ0n) is 12.5. The normalized spacial score (nSPS) is 25.5. The molecular formula is C15H24ClN3O2. The van der Waals surface area contributed by atoms with Crippen LogP contribution in [-0.4, -0.2) is 59.8 Å². The first kappa shape index (κ1) is 17.8. The van der Waals surface area contributed by atoms with Gasteiger partial charge in [-0.3, -0.25) is 0 Å². The zero-order valence-corrected chi connectivity index (χ0v) is 13.3. The van der Waals surface area contributed by atoms with Crippen LogP contribution < -0.4 is 5.73 Å². The summed E-state index contributed by atoms with van der Waals surface area (Å²) in [7, 11) is 3.93. The number of nitrogens with zero attached hydrogens (tertiary/aromatic N) is 2. The summed E-state index contributed by atoms with van der Waals surface area (Å²) in [6.45, 7) is 0.512. The molecule has 3 atom stereocenters. The number of nitrogens with two attached hydrogens (primary N) is 1. The largest absolute Gasteiger partial charge is 0.465 e. The Kier molecular flexibility index (Phi) is 6.45.